The quantitative estimate of drug-likeness (QED) is 0.214. The second kappa shape index (κ2) is 12.2. The fourth-order valence-electron chi connectivity index (χ4n) is 8.67. The van der Waals surface area contributed by atoms with Crippen molar-refractivity contribution in [2.75, 3.05) is 37.7 Å². The monoisotopic (exact) mass is 720 g/mol. The lowest BCUT2D eigenvalue weighted by atomic mass is 9.95. The number of amides is 1. The van der Waals surface area contributed by atoms with Gasteiger partial charge in [0.1, 0.15) is 47.1 Å². The number of alkyl halides is 4. The normalized spacial score (nSPS) is 24.3. The SMILES string of the molecule is C#Cc1c(F)ccc2cc(O)cc(-c3nc(C#C)c4c(N5CC6CCC(C5)N6C(=O)C(F)(F)F)nc(OC[C@]56CCCN5C[C@@H](F)C6)nc4c3F)c12. The summed E-state index contributed by atoms with van der Waals surface area (Å²) in [5, 5.41) is 11.0. The van der Waals surface area contributed by atoms with Crippen molar-refractivity contribution in [3.8, 4) is 47.7 Å². The van der Waals surface area contributed by atoms with Gasteiger partial charge in [0.2, 0.25) is 0 Å². The van der Waals surface area contributed by atoms with Gasteiger partial charge in [0.05, 0.1) is 28.6 Å². The Balaban J connectivity index is 1.30. The van der Waals surface area contributed by atoms with Gasteiger partial charge in [-0.05, 0) is 61.7 Å². The number of aromatic nitrogens is 3. The molecule has 4 atom stereocenters. The molecule has 4 fully saturated rings. The molecule has 1 N–H and O–H groups in total. The minimum Gasteiger partial charge on any atom is -0.508 e. The van der Waals surface area contributed by atoms with E-state index in [2.05, 4.69) is 26.8 Å². The minimum atomic E-state index is -5.06. The lowest BCUT2D eigenvalue weighted by Crippen LogP contribution is -2.59. The molecule has 9 nitrogen and oxygen atoms in total. The van der Waals surface area contributed by atoms with E-state index in [-0.39, 0.29) is 83.3 Å². The number of carbonyl (C=O) groups is 1. The number of nitrogens with zero attached hydrogens (tertiary/aromatic N) is 6. The number of carbonyl (C=O) groups excluding carboxylic acids is 1. The molecule has 2 aromatic heterocycles. The van der Waals surface area contributed by atoms with Crippen molar-refractivity contribution in [3.63, 3.8) is 0 Å². The molecule has 2 aromatic carbocycles. The first-order valence-electron chi connectivity index (χ1n) is 16.8. The second-order valence-electron chi connectivity index (χ2n) is 13.8. The molecule has 4 aliphatic rings. The minimum absolute atomic E-state index is 0.0129. The molecule has 1 amide bonds. The van der Waals surface area contributed by atoms with E-state index in [9.17, 15) is 31.9 Å². The number of rotatable bonds is 5. The van der Waals surface area contributed by atoms with Crippen LogP contribution in [0.2, 0.25) is 0 Å². The molecular weight excluding hydrogens is 690 g/mol. The van der Waals surface area contributed by atoms with Crippen LogP contribution in [0.15, 0.2) is 24.3 Å². The third kappa shape index (κ3) is 5.32. The molecule has 0 saturated carbocycles. The molecule has 0 aliphatic carbocycles. The summed E-state index contributed by atoms with van der Waals surface area (Å²) in [6, 6.07) is 3.07. The second-order valence-corrected chi connectivity index (χ2v) is 13.8. The third-order valence-electron chi connectivity index (χ3n) is 10.8. The van der Waals surface area contributed by atoms with Crippen molar-refractivity contribution >= 4 is 33.4 Å². The predicted molar refractivity (Wildman–Crippen MR) is 178 cm³/mol. The van der Waals surface area contributed by atoms with Crippen LogP contribution in [-0.2, 0) is 4.79 Å². The average Bonchev–Trinajstić information content (AvgIpc) is 3.72. The Labute approximate surface area is 293 Å². The number of aromatic hydroxyl groups is 1. The molecule has 0 radical (unpaired) electrons. The number of phenols is 1. The van der Waals surface area contributed by atoms with Gasteiger partial charge in [0, 0.05) is 37.0 Å². The first kappa shape index (κ1) is 33.8. The van der Waals surface area contributed by atoms with Crippen molar-refractivity contribution in [1.82, 2.24) is 24.8 Å². The Hall–Kier alpha value is -5.28. The molecule has 4 aliphatic heterocycles. The van der Waals surface area contributed by atoms with E-state index in [0.29, 0.717) is 31.2 Å². The first-order valence-corrected chi connectivity index (χ1v) is 16.8. The number of ether oxygens (including phenoxy) is 1. The van der Waals surface area contributed by atoms with Gasteiger partial charge in [-0.3, -0.25) is 9.69 Å². The lowest BCUT2D eigenvalue weighted by Gasteiger charge is -2.42. The summed E-state index contributed by atoms with van der Waals surface area (Å²) in [6.07, 6.45) is 7.83. The van der Waals surface area contributed by atoms with Crippen LogP contribution in [0.3, 0.4) is 0 Å². The number of halogens is 6. The summed E-state index contributed by atoms with van der Waals surface area (Å²) in [6.45, 7) is 0.761. The van der Waals surface area contributed by atoms with Gasteiger partial charge < -0.3 is 19.6 Å². The molecule has 268 valence electrons. The molecule has 8 rings (SSSR count). The Morgan fingerprint density at radius 1 is 1.04 bits per heavy atom. The number of terminal acetylenes is 2. The summed E-state index contributed by atoms with van der Waals surface area (Å²) < 4.78 is 93.4. The average molecular weight is 721 g/mol. The lowest BCUT2D eigenvalue weighted by molar-refractivity contribution is -0.188. The topological polar surface area (TPSA) is 94.9 Å². The molecular formula is C37H30F6N6O3. The van der Waals surface area contributed by atoms with Gasteiger partial charge in [-0.1, -0.05) is 12.0 Å². The van der Waals surface area contributed by atoms with Crippen LogP contribution in [0.1, 0.15) is 43.4 Å². The maximum absolute atomic E-state index is 17.1. The number of pyridine rings is 1. The molecule has 15 heteroatoms. The Bertz CT molecular complexity index is 2240. The van der Waals surface area contributed by atoms with Crippen LogP contribution in [-0.4, -0.2) is 98.5 Å². The maximum Gasteiger partial charge on any atom is 0.471 e. The van der Waals surface area contributed by atoms with Gasteiger partial charge in [0.15, 0.2) is 5.82 Å². The van der Waals surface area contributed by atoms with E-state index in [4.69, 9.17) is 17.6 Å². The number of hydrogen-bond acceptors (Lipinski definition) is 8. The van der Waals surface area contributed by atoms with Crippen molar-refractivity contribution < 1.29 is 41.0 Å². The summed E-state index contributed by atoms with van der Waals surface area (Å²) in [7, 11) is 0. The van der Waals surface area contributed by atoms with E-state index in [0.717, 1.165) is 17.4 Å². The molecule has 52 heavy (non-hydrogen) atoms. The van der Waals surface area contributed by atoms with Crippen LogP contribution in [0.4, 0.5) is 32.2 Å². The molecule has 6 heterocycles. The summed E-state index contributed by atoms with van der Waals surface area (Å²) in [5.41, 5.74) is -1.81. The third-order valence-corrected chi connectivity index (χ3v) is 10.8. The molecule has 4 aromatic rings. The van der Waals surface area contributed by atoms with Crippen LogP contribution < -0.4 is 9.64 Å². The maximum atomic E-state index is 17.1. The van der Waals surface area contributed by atoms with Gasteiger partial charge in [0.25, 0.3) is 0 Å². The van der Waals surface area contributed by atoms with E-state index in [1.54, 1.807) is 4.90 Å². The smallest absolute Gasteiger partial charge is 0.471 e. The number of phenolic OH excluding ortho intramolecular Hbond substituents is 1. The van der Waals surface area contributed by atoms with Crippen molar-refractivity contribution in [1.29, 1.82) is 0 Å². The van der Waals surface area contributed by atoms with Crippen LogP contribution in [0.25, 0.3) is 32.9 Å². The summed E-state index contributed by atoms with van der Waals surface area (Å²) in [5.74, 6) is 0.736. The van der Waals surface area contributed by atoms with Gasteiger partial charge >= 0.3 is 18.1 Å². The van der Waals surface area contributed by atoms with Gasteiger partial charge in [-0.25, -0.2) is 18.2 Å². The highest BCUT2D eigenvalue weighted by molar-refractivity contribution is 6.04. The fraction of sp³-hybridized carbons (Fsp3) is 0.405. The number of benzene rings is 2. The van der Waals surface area contributed by atoms with Crippen LogP contribution in [0, 0.1) is 36.3 Å². The number of fused-ring (bicyclic) bond motifs is 5. The summed E-state index contributed by atoms with van der Waals surface area (Å²) >= 11 is 0. The standard InChI is InChI=1S/C37H30F6N6O3/c1-3-24-26(39)9-6-19-12-23(50)13-25(28(19)24)31-30(40)32-29(27(4-2)44-31)33(47-16-21-7-8-22(17-47)49(21)34(51)37(41,42)43)46-35(45-32)52-18-36-10-5-11-48(36)15-20(38)14-36/h1-2,6,9,12-13,20-22,50H,5,7-8,10-11,14-18H2/t20-,21?,22?,36+/m0/s1. The number of piperazine rings is 1. The van der Waals surface area contributed by atoms with Gasteiger partial charge in [-0.15, -0.1) is 12.8 Å². The molecule has 0 spiro atoms. The molecule has 4 saturated heterocycles. The highest BCUT2D eigenvalue weighted by Crippen LogP contribution is 2.43. The fourth-order valence-corrected chi connectivity index (χ4v) is 8.67. The summed E-state index contributed by atoms with van der Waals surface area (Å²) in [4.78, 5) is 30.4. The van der Waals surface area contributed by atoms with Crippen molar-refractivity contribution in [2.45, 2.75) is 62.1 Å². The van der Waals surface area contributed by atoms with E-state index < -0.39 is 53.2 Å². The van der Waals surface area contributed by atoms with Crippen LogP contribution >= 0.6 is 0 Å². The van der Waals surface area contributed by atoms with Gasteiger partial charge in [-0.2, -0.15) is 23.1 Å². The highest BCUT2D eigenvalue weighted by atomic mass is 19.4. The molecule has 2 unspecified atom stereocenters. The highest BCUT2D eigenvalue weighted by Gasteiger charge is 2.52. The first-order chi connectivity index (χ1) is 24.8. The zero-order valence-electron chi connectivity index (χ0n) is 27.5. The largest absolute Gasteiger partial charge is 0.508 e. The molecule has 2 bridgehead atoms. The Morgan fingerprint density at radius 3 is 2.48 bits per heavy atom. The van der Waals surface area contributed by atoms with E-state index in [1.807, 2.05) is 4.90 Å². The zero-order chi connectivity index (χ0) is 36.7. The van der Waals surface area contributed by atoms with E-state index >= 15 is 4.39 Å². The van der Waals surface area contributed by atoms with E-state index in [1.165, 1.54) is 18.2 Å². The predicted octanol–water partition coefficient (Wildman–Crippen LogP) is 5.49. The van der Waals surface area contributed by atoms with Crippen molar-refractivity contribution in [2.24, 2.45) is 0 Å². The van der Waals surface area contributed by atoms with Crippen LogP contribution in [0.5, 0.6) is 11.8 Å². The van der Waals surface area contributed by atoms with Crippen molar-refractivity contribution in [3.05, 3.63) is 47.2 Å². The zero-order valence-corrected chi connectivity index (χ0v) is 27.5. The Kier molecular flexibility index (Phi) is 7.91. The Morgan fingerprint density at radius 2 is 1.79 bits per heavy atom. The number of anilines is 1. The number of hydrogen-bond donors (Lipinski definition) is 1.